The Kier molecular flexibility index (Phi) is 7.99. The lowest BCUT2D eigenvalue weighted by Gasteiger charge is -2.17. The van der Waals surface area contributed by atoms with Crippen molar-refractivity contribution in [2.45, 2.75) is 44.2 Å². The van der Waals surface area contributed by atoms with Gasteiger partial charge in [-0.25, -0.2) is 0 Å². The first-order valence-electron chi connectivity index (χ1n) is 10.8. The fraction of sp³-hybridized carbons (Fsp3) is 0.682. The van der Waals surface area contributed by atoms with Crippen LogP contribution in [0.15, 0.2) is 29.3 Å². The summed E-state index contributed by atoms with van der Waals surface area (Å²) in [6, 6.07) is 5.67. The van der Waals surface area contributed by atoms with Gasteiger partial charge in [-0.1, -0.05) is 18.2 Å². The van der Waals surface area contributed by atoms with E-state index in [2.05, 4.69) is 15.6 Å². The fourth-order valence-corrected chi connectivity index (χ4v) is 3.63. The number of ether oxygens (including phenoxy) is 2. The average Bonchev–Trinajstić information content (AvgIpc) is 3.34. The summed E-state index contributed by atoms with van der Waals surface area (Å²) in [5, 5.41) is 6.50. The minimum atomic E-state index is -4.32. The van der Waals surface area contributed by atoms with Crippen molar-refractivity contribution in [3.8, 4) is 0 Å². The number of nitrogens with zero attached hydrogens (tertiary/aromatic N) is 1. The maximum Gasteiger partial charge on any atom is 0.416 e. The Labute approximate surface area is 176 Å². The van der Waals surface area contributed by atoms with Crippen LogP contribution < -0.4 is 10.6 Å². The van der Waals surface area contributed by atoms with Gasteiger partial charge in [0.2, 0.25) is 0 Å². The minimum Gasteiger partial charge on any atom is -0.381 e. The molecule has 30 heavy (non-hydrogen) atoms. The molecule has 0 radical (unpaired) electrons. The van der Waals surface area contributed by atoms with Crippen molar-refractivity contribution in [1.29, 1.82) is 0 Å². The molecule has 1 aromatic rings. The smallest absolute Gasteiger partial charge is 0.381 e. The van der Waals surface area contributed by atoms with E-state index < -0.39 is 11.7 Å². The van der Waals surface area contributed by atoms with Crippen LogP contribution in [0.4, 0.5) is 13.2 Å². The number of benzene rings is 1. The molecule has 168 valence electrons. The van der Waals surface area contributed by atoms with Crippen molar-refractivity contribution >= 4 is 5.96 Å². The lowest BCUT2D eigenvalue weighted by atomic mass is 9.94. The molecule has 1 atom stereocenters. The van der Waals surface area contributed by atoms with Gasteiger partial charge in [-0.05, 0) is 44.2 Å². The Morgan fingerprint density at radius 1 is 1.30 bits per heavy atom. The van der Waals surface area contributed by atoms with Gasteiger partial charge >= 0.3 is 6.18 Å². The van der Waals surface area contributed by atoms with Gasteiger partial charge in [0.15, 0.2) is 5.96 Å². The summed E-state index contributed by atoms with van der Waals surface area (Å²) in [5.41, 5.74) is -0.151. The van der Waals surface area contributed by atoms with E-state index in [1.54, 1.807) is 6.07 Å². The first-order valence-corrected chi connectivity index (χ1v) is 10.8. The van der Waals surface area contributed by atoms with E-state index in [1.165, 1.54) is 12.1 Å². The first kappa shape index (κ1) is 22.9. The third kappa shape index (κ3) is 6.60. The SMILES string of the molecule is CCNC(=NCC1(c2cccc(C(F)(F)F)c2)CC1)NCCCOCC1CCOC1. The Morgan fingerprint density at radius 3 is 2.80 bits per heavy atom. The predicted octanol–water partition coefficient (Wildman–Crippen LogP) is 3.74. The van der Waals surface area contributed by atoms with Crippen molar-refractivity contribution < 1.29 is 22.6 Å². The van der Waals surface area contributed by atoms with E-state index in [0.29, 0.717) is 25.0 Å². The average molecular weight is 428 g/mol. The molecular formula is C22H32F3N3O2. The number of hydrogen-bond donors (Lipinski definition) is 2. The Hall–Kier alpha value is -1.80. The summed E-state index contributed by atoms with van der Waals surface area (Å²) in [7, 11) is 0. The van der Waals surface area contributed by atoms with Gasteiger partial charge in [-0.15, -0.1) is 0 Å². The van der Waals surface area contributed by atoms with Gasteiger partial charge in [0.05, 0.1) is 25.3 Å². The molecular weight excluding hydrogens is 395 g/mol. The zero-order valence-corrected chi connectivity index (χ0v) is 17.6. The molecule has 0 spiro atoms. The normalized spacial score (nSPS) is 20.9. The van der Waals surface area contributed by atoms with Crippen molar-refractivity contribution in [2.75, 3.05) is 46.1 Å². The van der Waals surface area contributed by atoms with Crippen molar-refractivity contribution in [1.82, 2.24) is 10.6 Å². The van der Waals surface area contributed by atoms with E-state index >= 15 is 0 Å². The maximum absolute atomic E-state index is 13.0. The molecule has 1 aromatic carbocycles. The highest BCUT2D eigenvalue weighted by Gasteiger charge is 2.45. The van der Waals surface area contributed by atoms with Crippen LogP contribution >= 0.6 is 0 Å². The number of alkyl halides is 3. The molecule has 1 heterocycles. The maximum atomic E-state index is 13.0. The molecule has 2 aliphatic rings. The second-order valence-corrected chi connectivity index (χ2v) is 8.14. The zero-order valence-electron chi connectivity index (χ0n) is 17.6. The summed E-state index contributed by atoms with van der Waals surface area (Å²) in [4.78, 5) is 4.65. The molecule has 3 rings (SSSR count). The van der Waals surface area contributed by atoms with Gasteiger partial charge in [0, 0.05) is 37.6 Å². The molecule has 1 aliphatic heterocycles. The molecule has 0 aromatic heterocycles. The molecule has 8 heteroatoms. The quantitative estimate of drug-likeness (QED) is 0.339. The largest absolute Gasteiger partial charge is 0.416 e. The second kappa shape index (κ2) is 10.5. The van der Waals surface area contributed by atoms with Crippen LogP contribution in [-0.4, -0.2) is 52.0 Å². The van der Waals surface area contributed by atoms with Crippen LogP contribution in [0, 0.1) is 5.92 Å². The van der Waals surface area contributed by atoms with Gasteiger partial charge in [0.1, 0.15) is 0 Å². The first-order chi connectivity index (χ1) is 14.4. The van der Waals surface area contributed by atoms with E-state index in [-0.39, 0.29) is 5.41 Å². The molecule has 0 bridgehead atoms. The van der Waals surface area contributed by atoms with E-state index in [1.807, 2.05) is 6.92 Å². The van der Waals surface area contributed by atoms with Crippen LogP contribution in [-0.2, 0) is 21.1 Å². The predicted molar refractivity (Wildman–Crippen MR) is 111 cm³/mol. The van der Waals surface area contributed by atoms with Gasteiger partial charge in [-0.2, -0.15) is 13.2 Å². The van der Waals surface area contributed by atoms with Crippen LogP contribution in [0.5, 0.6) is 0 Å². The second-order valence-electron chi connectivity index (χ2n) is 8.14. The Bertz CT molecular complexity index is 699. The summed E-state index contributed by atoms with van der Waals surface area (Å²) >= 11 is 0. The Morgan fingerprint density at radius 2 is 2.13 bits per heavy atom. The highest BCUT2D eigenvalue weighted by atomic mass is 19.4. The molecule has 1 aliphatic carbocycles. The number of guanidine groups is 1. The molecule has 2 fully saturated rings. The summed E-state index contributed by atoms with van der Waals surface area (Å²) in [6.07, 6.45) is -0.676. The van der Waals surface area contributed by atoms with Gasteiger partial charge < -0.3 is 20.1 Å². The number of aliphatic imine (C=N–C) groups is 1. The highest BCUT2D eigenvalue weighted by molar-refractivity contribution is 5.79. The van der Waals surface area contributed by atoms with E-state index in [4.69, 9.17) is 9.47 Å². The van der Waals surface area contributed by atoms with Crippen LogP contribution in [0.3, 0.4) is 0 Å². The van der Waals surface area contributed by atoms with Crippen LogP contribution in [0.1, 0.15) is 43.7 Å². The summed E-state index contributed by atoms with van der Waals surface area (Å²) in [5.74, 6) is 1.21. The molecule has 1 saturated heterocycles. The minimum absolute atomic E-state index is 0.282. The highest BCUT2D eigenvalue weighted by Crippen LogP contribution is 2.49. The van der Waals surface area contributed by atoms with Crippen molar-refractivity contribution in [3.63, 3.8) is 0 Å². The third-order valence-electron chi connectivity index (χ3n) is 5.68. The molecule has 1 unspecified atom stereocenters. The fourth-order valence-electron chi connectivity index (χ4n) is 3.63. The zero-order chi connectivity index (χ0) is 21.5. The molecule has 5 nitrogen and oxygen atoms in total. The van der Waals surface area contributed by atoms with Crippen LogP contribution in [0.25, 0.3) is 0 Å². The number of nitrogens with one attached hydrogen (secondary N) is 2. The third-order valence-corrected chi connectivity index (χ3v) is 5.68. The molecule has 1 saturated carbocycles. The molecule has 2 N–H and O–H groups in total. The van der Waals surface area contributed by atoms with E-state index in [9.17, 15) is 13.2 Å². The monoisotopic (exact) mass is 427 g/mol. The van der Waals surface area contributed by atoms with Crippen LogP contribution in [0.2, 0.25) is 0 Å². The van der Waals surface area contributed by atoms with Gasteiger partial charge in [0.25, 0.3) is 0 Å². The summed E-state index contributed by atoms with van der Waals surface area (Å²) < 4.78 is 50.2. The number of rotatable bonds is 10. The lowest BCUT2D eigenvalue weighted by molar-refractivity contribution is -0.137. The van der Waals surface area contributed by atoms with E-state index in [0.717, 1.165) is 70.2 Å². The Balaban J connectivity index is 1.46. The topological polar surface area (TPSA) is 54.9 Å². The standard InChI is InChI=1S/C22H32F3N3O2/c1-2-26-20(27-10-4-11-29-14-17-7-12-30-15-17)28-16-21(8-9-21)18-5-3-6-19(13-18)22(23,24)25/h3,5-6,13,17H,2,4,7-12,14-16H2,1H3,(H2,26,27,28). The number of halogens is 3. The van der Waals surface area contributed by atoms with Crippen molar-refractivity contribution in [3.05, 3.63) is 35.4 Å². The molecule has 0 amide bonds. The lowest BCUT2D eigenvalue weighted by Crippen LogP contribution is -2.38. The van der Waals surface area contributed by atoms with Gasteiger partial charge in [-0.3, -0.25) is 4.99 Å². The van der Waals surface area contributed by atoms with Crippen molar-refractivity contribution in [2.24, 2.45) is 10.9 Å². The summed E-state index contributed by atoms with van der Waals surface area (Å²) in [6.45, 7) is 6.96. The number of hydrogen-bond acceptors (Lipinski definition) is 3.